The zero-order valence-corrected chi connectivity index (χ0v) is 11.5. The zero-order chi connectivity index (χ0) is 13.4. The highest BCUT2D eigenvalue weighted by atomic mass is 16.2. The third kappa shape index (κ3) is 2.06. The van der Waals surface area contributed by atoms with E-state index < -0.39 is 0 Å². The van der Waals surface area contributed by atoms with Crippen molar-refractivity contribution in [2.24, 2.45) is 17.6 Å². The summed E-state index contributed by atoms with van der Waals surface area (Å²) in [4.78, 5) is 14.9. The second kappa shape index (κ2) is 4.97. The van der Waals surface area contributed by atoms with Gasteiger partial charge in [-0.15, -0.1) is 0 Å². The molecule has 102 valence electrons. The van der Waals surface area contributed by atoms with Gasteiger partial charge in [0, 0.05) is 17.6 Å². The maximum absolute atomic E-state index is 12.9. The summed E-state index contributed by atoms with van der Waals surface area (Å²) in [7, 11) is 0. The molecule has 2 aliphatic rings. The first kappa shape index (κ1) is 12.7. The summed E-state index contributed by atoms with van der Waals surface area (Å²) in [6.45, 7) is 2.78. The zero-order valence-electron chi connectivity index (χ0n) is 11.5. The molecule has 3 heteroatoms. The summed E-state index contributed by atoms with van der Waals surface area (Å²) in [5, 5.41) is 0. The lowest BCUT2D eigenvalue weighted by Crippen LogP contribution is -2.42. The van der Waals surface area contributed by atoms with E-state index in [0.29, 0.717) is 18.4 Å². The highest BCUT2D eigenvalue weighted by Gasteiger charge is 2.39. The van der Waals surface area contributed by atoms with Crippen LogP contribution in [0.5, 0.6) is 0 Å². The number of fused-ring (bicyclic) bond motifs is 1. The molecule has 0 aromatic heterocycles. The van der Waals surface area contributed by atoms with E-state index in [9.17, 15) is 4.79 Å². The second-order valence-corrected chi connectivity index (χ2v) is 5.92. The van der Waals surface area contributed by atoms with Gasteiger partial charge in [-0.1, -0.05) is 24.6 Å². The molecule has 0 spiro atoms. The number of nitrogens with two attached hydrogens (primary N) is 1. The van der Waals surface area contributed by atoms with Gasteiger partial charge in [0.2, 0.25) is 5.91 Å². The van der Waals surface area contributed by atoms with E-state index >= 15 is 0 Å². The highest BCUT2D eigenvalue weighted by Crippen LogP contribution is 2.38. The first-order valence-electron chi connectivity index (χ1n) is 7.33. The van der Waals surface area contributed by atoms with E-state index in [1.807, 2.05) is 11.0 Å². The average molecular weight is 258 g/mol. The first-order chi connectivity index (χ1) is 9.22. The average Bonchev–Trinajstić information content (AvgIpc) is 3.00. The van der Waals surface area contributed by atoms with E-state index in [1.165, 1.54) is 5.56 Å². The molecule has 0 radical (unpaired) electrons. The van der Waals surface area contributed by atoms with Crippen LogP contribution >= 0.6 is 0 Å². The van der Waals surface area contributed by atoms with Crippen molar-refractivity contribution in [3.63, 3.8) is 0 Å². The molecule has 2 N–H and O–H groups in total. The molecule has 1 aliphatic heterocycles. The van der Waals surface area contributed by atoms with E-state index in [4.69, 9.17) is 5.73 Å². The van der Waals surface area contributed by atoms with Gasteiger partial charge in [-0.05, 0) is 50.3 Å². The minimum Gasteiger partial charge on any atom is -0.330 e. The third-order valence-electron chi connectivity index (χ3n) is 4.72. The molecular weight excluding hydrogens is 236 g/mol. The quantitative estimate of drug-likeness (QED) is 0.885. The molecule has 1 aromatic carbocycles. The number of carbonyl (C=O) groups is 1. The van der Waals surface area contributed by atoms with Gasteiger partial charge in [0.05, 0.1) is 0 Å². The normalized spacial score (nSPS) is 29.6. The van der Waals surface area contributed by atoms with Crippen molar-refractivity contribution in [3.8, 4) is 0 Å². The van der Waals surface area contributed by atoms with Crippen LogP contribution in [-0.4, -0.2) is 18.5 Å². The fourth-order valence-corrected chi connectivity index (χ4v) is 3.72. The van der Waals surface area contributed by atoms with Gasteiger partial charge in [-0.3, -0.25) is 4.79 Å². The van der Waals surface area contributed by atoms with E-state index in [0.717, 1.165) is 31.4 Å². The molecule has 19 heavy (non-hydrogen) atoms. The number of benzene rings is 1. The van der Waals surface area contributed by atoms with Crippen LogP contribution in [0.15, 0.2) is 24.3 Å². The Labute approximate surface area is 114 Å². The summed E-state index contributed by atoms with van der Waals surface area (Å²) in [6.07, 6.45) is 4.23. The summed E-state index contributed by atoms with van der Waals surface area (Å²) in [6, 6.07) is 8.56. The Hall–Kier alpha value is -1.35. The monoisotopic (exact) mass is 258 g/mol. The number of amides is 1. The Bertz CT molecular complexity index is 485. The minimum absolute atomic E-state index is 0.138. The fourth-order valence-electron chi connectivity index (χ4n) is 3.72. The number of para-hydroxylation sites is 1. The Kier molecular flexibility index (Phi) is 3.31. The Morgan fingerprint density at radius 1 is 1.37 bits per heavy atom. The Balaban J connectivity index is 1.88. The van der Waals surface area contributed by atoms with Crippen LogP contribution in [0.3, 0.4) is 0 Å². The number of rotatable bonds is 2. The number of carbonyl (C=O) groups excluding carboxylic acids is 1. The Morgan fingerprint density at radius 2 is 2.16 bits per heavy atom. The predicted molar refractivity (Wildman–Crippen MR) is 77.0 cm³/mol. The van der Waals surface area contributed by atoms with Crippen LogP contribution < -0.4 is 10.6 Å². The number of nitrogens with zero attached hydrogens (tertiary/aromatic N) is 1. The molecule has 3 rings (SSSR count). The van der Waals surface area contributed by atoms with Crippen LogP contribution in [0.25, 0.3) is 0 Å². The maximum atomic E-state index is 12.9. The standard InChI is InChI=1S/C16H22N2O/c1-11-9-12-5-2-3-8-15(12)18(11)16(19)14-7-4-6-13(14)10-17/h2-3,5,8,11,13-14H,4,6-7,9-10,17H2,1H3. The van der Waals surface area contributed by atoms with Crippen molar-refractivity contribution in [2.45, 2.75) is 38.6 Å². The highest BCUT2D eigenvalue weighted by molar-refractivity contribution is 5.98. The predicted octanol–water partition coefficient (Wildman–Crippen LogP) is 2.34. The van der Waals surface area contributed by atoms with Gasteiger partial charge in [0.25, 0.3) is 0 Å². The largest absolute Gasteiger partial charge is 0.330 e. The van der Waals surface area contributed by atoms with Gasteiger partial charge in [-0.25, -0.2) is 0 Å². The fraction of sp³-hybridized carbons (Fsp3) is 0.562. The minimum atomic E-state index is 0.138. The van der Waals surface area contributed by atoms with E-state index in [2.05, 4.69) is 25.1 Å². The van der Waals surface area contributed by atoms with Crippen LogP contribution in [0.1, 0.15) is 31.7 Å². The second-order valence-electron chi connectivity index (χ2n) is 5.92. The first-order valence-corrected chi connectivity index (χ1v) is 7.33. The van der Waals surface area contributed by atoms with Crippen LogP contribution in [-0.2, 0) is 11.2 Å². The summed E-state index contributed by atoms with van der Waals surface area (Å²) in [5.74, 6) is 0.816. The Morgan fingerprint density at radius 3 is 2.95 bits per heavy atom. The van der Waals surface area contributed by atoms with Gasteiger partial charge >= 0.3 is 0 Å². The molecule has 3 nitrogen and oxygen atoms in total. The molecular formula is C16H22N2O. The maximum Gasteiger partial charge on any atom is 0.230 e. The van der Waals surface area contributed by atoms with Gasteiger partial charge in [0.1, 0.15) is 0 Å². The van der Waals surface area contributed by atoms with Crippen molar-refractivity contribution in [3.05, 3.63) is 29.8 Å². The van der Waals surface area contributed by atoms with E-state index in [-0.39, 0.29) is 12.0 Å². The van der Waals surface area contributed by atoms with Crippen LogP contribution in [0, 0.1) is 11.8 Å². The summed E-state index contributed by atoms with van der Waals surface area (Å²) in [5.41, 5.74) is 8.23. The molecule has 1 amide bonds. The smallest absolute Gasteiger partial charge is 0.230 e. The molecule has 1 heterocycles. The van der Waals surface area contributed by atoms with Crippen molar-refractivity contribution in [1.29, 1.82) is 0 Å². The topological polar surface area (TPSA) is 46.3 Å². The van der Waals surface area contributed by atoms with Gasteiger partial charge < -0.3 is 10.6 Å². The lowest BCUT2D eigenvalue weighted by Gasteiger charge is -2.28. The SMILES string of the molecule is CC1Cc2ccccc2N1C(=O)C1CCCC1CN. The molecule has 0 saturated heterocycles. The van der Waals surface area contributed by atoms with Gasteiger partial charge in [-0.2, -0.15) is 0 Å². The number of hydrogen-bond acceptors (Lipinski definition) is 2. The van der Waals surface area contributed by atoms with Crippen molar-refractivity contribution in [1.82, 2.24) is 0 Å². The molecule has 1 aromatic rings. The van der Waals surface area contributed by atoms with Crippen molar-refractivity contribution < 1.29 is 4.79 Å². The summed E-state index contributed by atoms with van der Waals surface area (Å²) < 4.78 is 0. The third-order valence-corrected chi connectivity index (χ3v) is 4.72. The molecule has 3 unspecified atom stereocenters. The van der Waals surface area contributed by atoms with Crippen LogP contribution in [0.2, 0.25) is 0 Å². The lowest BCUT2D eigenvalue weighted by molar-refractivity contribution is -0.123. The van der Waals surface area contributed by atoms with Crippen molar-refractivity contribution >= 4 is 11.6 Å². The van der Waals surface area contributed by atoms with Crippen LogP contribution in [0.4, 0.5) is 5.69 Å². The van der Waals surface area contributed by atoms with Gasteiger partial charge in [0.15, 0.2) is 0 Å². The molecule has 1 saturated carbocycles. The molecule has 1 fully saturated rings. The number of anilines is 1. The number of hydrogen-bond donors (Lipinski definition) is 1. The molecule has 0 bridgehead atoms. The lowest BCUT2D eigenvalue weighted by atomic mass is 9.94. The molecule has 1 aliphatic carbocycles. The van der Waals surface area contributed by atoms with E-state index in [1.54, 1.807) is 0 Å². The van der Waals surface area contributed by atoms with Crippen molar-refractivity contribution in [2.75, 3.05) is 11.4 Å². The molecule has 3 atom stereocenters. The summed E-state index contributed by atoms with van der Waals surface area (Å²) >= 11 is 0.